The lowest BCUT2D eigenvalue weighted by atomic mass is 10.5. The second-order valence-electron chi connectivity index (χ2n) is 2.70. The Kier molecular flexibility index (Phi) is 6.12. The lowest BCUT2D eigenvalue weighted by molar-refractivity contribution is -0.888. The fourth-order valence-electron chi connectivity index (χ4n) is 0.429. The zero-order chi connectivity index (χ0) is 6.62. The fourth-order valence-corrected chi connectivity index (χ4v) is 0.429. The van der Waals surface area contributed by atoms with Gasteiger partial charge in [0.1, 0.15) is 6.54 Å². The van der Waals surface area contributed by atoms with E-state index in [1.807, 2.05) is 0 Å². The Bertz CT molecular complexity index is 64.1. The Morgan fingerprint density at radius 3 is 1.89 bits per heavy atom. The Hall–Kier alpha value is -0.120. The van der Waals surface area contributed by atoms with Crippen molar-refractivity contribution in [2.24, 2.45) is 0 Å². The van der Waals surface area contributed by atoms with E-state index >= 15 is 0 Å². The number of nitrogens with zero attached hydrogens (tertiary/aromatic N) is 1. The van der Waals surface area contributed by atoms with Crippen LogP contribution in [0.2, 0.25) is 0 Å². The highest BCUT2D eigenvalue weighted by Crippen LogP contribution is 1.92. The SMILES string of the molecule is CC[N+](C)(C)CCO.[OH-]. The third kappa shape index (κ3) is 5.76. The quantitative estimate of drug-likeness (QED) is 0.549. The third-order valence-corrected chi connectivity index (χ3v) is 1.56. The standard InChI is InChI=1S/C6H16NO.H2O/c1-4-7(2,3)5-6-8;/h8H,4-6H2,1-3H3;1H2/q+1;/p-1. The zero-order valence-electron chi connectivity index (χ0n) is 6.46. The van der Waals surface area contributed by atoms with Gasteiger partial charge in [0.05, 0.1) is 27.2 Å². The minimum atomic E-state index is 0. The molecule has 0 aliphatic heterocycles. The Balaban J connectivity index is 0. The van der Waals surface area contributed by atoms with Crippen molar-refractivity contribution in [1.29, 1.82) is 0 Å². The van der Waals surface area contributed by atoms with Crippen LogP contribution in [0.4, 0.5) is 0 Å². The number of quaternary nitrogens is 1. The first kappa shape index (κ1) is 11.6. The van der Waals surface area contributed by atoms with Crippen molar-refractivity contribution in [3.05, 3.63) is 0 Å². The lowest BCUT2D eigenvalue weighted by Crippen LogP contribution is -2.41. The maximum atomic E-state index is 8.52. The maximum Gasteiger partial charge on any atom is 0.102 e. The van der Waals surface area contributed by atoms with E-state index in [1.165, 1.54) is 0 Å². The molecule has 0 unspecified atom stereocenters. The molecule has 0 aliphatic rings. The van der Waals surface area contributed by atoms with E-state index in [-0.39, 0.29) is 5.48 Å². The molecule has 0 saturated heterocycles. The minimum absolute atomic E-state index is 0. The molecule has 3 heteroatoms. The number of aliphatic hydroxyl groups is 1. The number of rotatable bonds is 3. The highest BCUT2D eigenvalue weighted by molar-refractivity contribution is 4.24. The molecule has 58 valence electrons. The predicted molar refractivity (Wildman–Crippen MR) is 36.5 cm³/mol. The van der Waals surface area contributed by atoms with Crippen molar-refractivity contribution in [3.8, 4) is 0 Å². The van der Waals surface area contributed by atoms with E-state index in [2.05, 4.69) is 21.0 Å². The van der Waals surface area contributed by atoms with Gasteiger partial charge in [-0.1, -0.05) is 0 Å². The summed E-state index contributed by atoms with van der Waals surface area (Å²) < 4.78 is 0.913. The van der Waals surface area contributed by atoms with Crippen LogP contribution in [0.15, 0.2) is 0 Å². The summed E-state index contributed by atoms with van der Waals surface area (Å²) in [5.74, 6) is 0. The maximum absolute atomic E-state index is 8.52. The molecule has 0 aliphatic carbocycles. The summed E-state index contributed by atoms with van der Waals surface area (Å²) >= 11 is 0. The van der Waals surface area contributed by atoms with E-state index in [1.54, 1.807) is 0 Å². The summed E-state index contributed by atoms with van der Waals surface area (Å²) in [5.41, 5.74) is 0. The van der Waals surface area contributed by atoms with E-state index < -0.39 is 0 Å². The van der Waals surface area contributed by atoms with E-state index in [9.17, 15) is 0 Å². The van der Waals surface area contributed by atoms with Gasteiger partial charge in [-0.25, -0.2) is 0 Å². The molecular formula is C6H17NO2. The highest BCUT2D eigenvalue weighted by atomic mass is 16.3. The average molecular weight is 135 g/mol. The van der Waals surface area contributed by atoms with Crippen molar-refractivity contribution < 1.29 is 15.1 Å². The number of aliphatic hydroxyl groups excluding tert-OH is 1. The lowest BCUT2D eigenvalue weighted by Gasteiger charge is -2.26. The normalized spacial score (nSPS) is 10.7. The number of likely N-dealkylation sites (N-methyl/N-ethyl adjacent to an activating group) is 1. The summed E-state index contributed by atoms with van der Waals surface area (Å²) in [6.07, 6.45) is 0. The van der Waals surface area contributed by atoms with Crippen LogP contribution in [0, 0.1) is 0 Å². The molecule has 0 aromatic carbocycles. The van der Waals surface area contributed by atoms with Crippen LogP contribution in [0.5, 0.6) is 0 Å². The smallest absolute Gasteiger partial charge is 0.102 e. The molecule has 2 N–H and O–H groups in total. The van der Waals surface area contributed by atoms with Gasteiger partial charge in [-0.05, 0) is 6.92 Å². The zero-order valence-corrected chi connectivity index (χ0v) is 6.46. The molecule has 0 heterocycles. The second kappa shape index (κ2) is 4.73. The van der Waals surface area contributed by atoms with Gasteiger partial charge >= 0.3 is 0 Å². The van der Waals surface area contributed by atoms with Crippen molar-refractivity contribution in [3.63, 3.8) is 0 Å². The molecule has 0 bridgehead atoms. The monoisotopic (exact) mass is 135 g/mol. The average Bonchev–Trinajstić information content (AvgIpc) is 1.67. The van der Waals surface area contributed by atoms with Crippen LogP contribution in [0.1, 0.15) is 6.92 Å². The van der Waals surface area contributed by atoms with E-state index in [0.717, 1.165) is 17.6 Å². The van der Waals surface area contributed by atoms with Crippen LogP contribution in [-0.4, -0.2) is 48.9 Å². The van der Waals surface area contributed by atoms with Gasteiger partial charge in [0.25, 0.3) is 0 Å². The molecule has 0 fully saturated rings. The van der Waals surface area contributed by atoms with Gasteiger partial charge in [-0.15, -0.1) is 0 Å². The Labute approximate surface area is 56.8 Å². The van der Waals surface area contributed by atoms with Crippen LogP contribution in [-0.2, 0) is 0 Å². The Morgan fingerprint density at radius 2 is 1.78 bits per heavy atom. The molecule has 0 aromatic heterocycles. The molecule has 0 aromatic rings. The van der Waals surface area contributed by atoms with Gasteiger partial charge in [0.2, 0.25) is 0 Å². The van der Waals surface area contributed by atoms with Gasteiger partial charge < -0.3 is 15.1 Å². The first-order valence-electron chi connectivity index (χ1n) is 3.05. The number of hydrogen-bond acceptors (Lipinski definition) is 2. The summed E-state index contributed by atoms with van der Waals surface area (Å²) in [5, 5.41) is 8.52. The summed E-state index contributed by atoms with van der Waals surface area (Å²) in [6.45, 7) is 4.35. The second-order valence-corrected chi connectivity index (χ2v) is 2.70. The Morgan fingerprint density at radius 1 is 1.33 bits per heavy atom. The topological polar surface area (TPSA) is 50.2 Å². The molecular weight excluding hydrogens is 118 g/mol. The highest BCUT2D eigenvalue weighted by Gasteiger charge is 2.08. The summed E-state index contributed by atoms with van der Waals surface area (Å²) in [4.78, 5) is 0. The first-order chi connectivity index (χ1) is 3.62. The van der Waals surface area contributed by atoms with Crippen molar-refractivity contribution in [1.82, 2.24) is 0 Å². The van der Waals surface area contributed by atoms with Crippen LogP contribution in [0.25, 0.3) is 0 Å². The van der Waals surface area contributed by atoms with Crippen molar-refractivity contribution in [2.75, 3.05) is 33.8 Å². The molecule has 0 radical (unpaired) electrons. The van der Waals surface area contributed by atoms with Gasteiger partial charge in [0, 0.05) is 0 Å². The van der Waals surface area contributed by atoms with E-state index in [4.69, 9.17) is 5.11 Å². The third-order valence-electron chi connectivity index (χ3n) is 1.56. The predicted octanol–water partition coefficient (Wildman–Crippen LogP) is -0.102. The van der Waals surface area contributed by atoms with Crippen molar-refractivity contribution in [2.45, 2.75) is 6.92 Å². The van der Waals surface area contributed by atoms with Gasteiger partial charge in [-0.2, -0.15) is 0 Å². The van der Waals surface area contributed by atoms with Crippen molar-refractivity contribution >= 4 is 0 Å². The molecule has 0 saturated carbocycles. The van der Waals surface area contributed by atoms with Crippen LogP contribution in [0.3, 0.4) is 0 Å². The van der Waals surface area contributed by atoms with Crippen LogP contribution >= 0.6 is 0 Å². The molecule has 9 heavy (non-hydrogen) atoms. The minimum Gasteiger partial charge on any atom is -0.870 e. The number of hydrogen-bond donors (Lipinski definition) is 1. The first-order valence-corrected chi connectivity index (χ1v) is 3.05. The molecule has 3 nitrogen and oxygen atoms in total. The molecule has 0 amide bonds. The molecule has 0 spiro atoms. The van der Waals surface area contributed by atoms with Gasteiger partial charge in [-0.3, -0.25) is 0 Å². The molecule has 0 atom stereocenters. The summed E-state index contributed by atoms with van der Waals surface area (Å²) in [6, 6.07) is 0. The largest absolute Gasteiger partial charge is 0.870 e. The summed E-state index contributed by atoms with van der Waals surface area (Å²) in [7, 11) is 4.21. The van der Waals surface area contributed by atoms with Crippen LogP contribution < -0.4 is 0 Å². The molecule has 0 rings (SSSR count). The van der Waals surface area contributed by atoms with E-state index in [0.29, 0.717) is 6.61 Å². The van der Waals surface area contributed by atoms with Gasteiger partial charge in [0.15, 0.2) is 0 Å². The fraction of sp³-hybridized carbons (Fsp3) is 1.00.